The molecular weight excluding hydrogens is 261 g/mol. The van der Waals surface area contributed by atoms with E-state index < -0.39 is 17.5 Å². The summed E-state index contributed by atoms with van der Waals surface area (Å²) in [4.78, 5) is 23.5. The number of carbonyl (C=O) groups is 2. The van der Waals surface area contributed by atoms with Crippen LogP contribution in [-0.4, -0.2) is 30.2 Å². The molecule has 2 rings (SSSR count). The van der Waals surface area contributed by atoms with E-state index in [1.54, 1.807) is 0 Å². The first-order valence-electron chi connectivity index (χ1n) is 7.53. The van der Waals surface area contributed by atoms with Crippen LogP contribution in [0.3, 0.4) is 0 Å². The molecule has 114 valence electrons. The second-order valence-corrected chi connectivity index (χ2v) is 6.58. The molecule has 0 aromatic heterocycles. The van der Waals surface area contributed by atoms with E-state index in [2.05, 4.69) is 26.1 Å². The van der Waals surface area contributed by atoms with Gasteiger partial charge < -0.3 is 10.1 Å². The summed E-state index contributed by atoms with van der Waals surface area (Å²) in [5.74, 6) is -0.753. The van der Waals surface area contributed by atoms with E-state index in [0.29, 0.717) is 11.8 Å². The molecule has 1 N–H and O–H groups in total. The van der Waals surface area contributed by atoms with E-state index in [-0.39, 0.29) is 25.0 Å². The van der Waals surface area contributed by atoms with Gasteiger partial charge in [-0.2, -0.15) is 0 Å². The summed E-state index contributed by atoms with van der Waals surface area (Å²) in [6, 6.07) is 0. The van der Waals surface area contributed by atoms with E-state index in [0.717, 1.165) is 19.3 Å². The van der Waals surface area contributed by atoms with Crippen LogP contribution in [0.25, 0.3) is 0 Å². The first kappa shape index (κ1) is 15.3. The van der Waals surface area contributed by atoms with Crippen LogP contribution < -0.4 is 5.32 Å². The predicted molar refractivity (Wildman–Crippen MR) is 72.7 cm³/mol. The first-order valence-corrected chi connectivity index (χ1v) is 7.53. The highest BCUT2D eigenvalue weighted by Gasteiger charge is 2.52. The zero-order chi connectivity index (χ0) is 14.9. The van der Waals surface area contributed by atoms with Gasteiger partial charge in [0.05, 0.1) is 0 Å². The van der Waals surface area contributed by atoms with E-state index >= 15 is 0 Å². The molecule has 0 spiro atoms. The maximum absolute atomic E-state index is 14.4. The number of rotatable bonds is 3. The molecular formula is C15H24FNO3. The third-order valence-electron chi connectivity index (χ3n) is 4.66. The smallest absolute Gasteiger partial charge is 0.354 e. The lowest BCUT2D eigenvalue weighted by atomic mass is 9.75. The Morgan fingerprint density at radius 2 is 2.15 bits per heavy atom. The molecule has 1 heterocycles. The van der Waals surface area contributed by atoms with Crippen LogP contribution in [-0.2, 0) is 14.3 Å². The second kappa shape index (κ2) is 5.70. The molecule has 1 unspecified atom stereocenters. The molecule has 20 heavy (non-hydrogen) atoms. The Kier molecular flexibility index (Phi) is 4.35. The summed E-state index contributed by atoms with van der Waals surface area (Å²) < 4.78 is 19.8. The number of alkyl halides is 1. The van der Waals surface area contributed by atoms with Gasteiger partial charge in [-0.05, 0) is 30.6 Å². The van der Waals surface area contributed by atoms with Crippen molar-refractivity contribution in [3.63, 3.8) is 0 Å². The Labute approximate surface area is 119 Å². The van der Waals surface area contributed by atoms with Crippen molar-refractivity contribution in [2.45, 2.75) is 58.2 Å². The standard InChI is InChI=1S/C15H24FNO3/c1-9(2)11-5-4-10(3)8-12(11)20-14(19)15(16)6-7-17-13(15)18/h9-12H,4-8H2,1-3H3,(H,17,18)/t10-,11+,12-,15?/m0/s1. The summed E-state index contributed by atoms with van der Waals surface area (Å²) in [6.45, 7) is 6.49. The fraction of sp³-hybridized carbons (Fsp3) is 0.867. The van der Waals surface area contributed by atoms with E-state index in [1.807, 2.05) is 0 Å². The predicted octanol–water partition coefficient (Wildman–Crippen LogP) is 2.22. The van der Waals surface area contributed by atoms with Crippen molar-refractivity contribution in [3.05, 3.63) is 0 Å². The molecule has 1 saturated carbocycles. The normalized spacial score (nSPS) is 37.9. The molecule has 1 saturated heterocycles. The Morgan fingerprint density at radius 1 is 1.45 bits per heavy atom. The van der Waals surface area contributed by atoms with Crippen molar-refractivity contribution in [3.8, 4) is 0 Å². The highest BCUT2D eigenvalue weighted by Crippen LogP contribution is 2.36. The van der Waals surface area contributed by atoms with Crippen LogP contribution in [0.4, 0.5) is 4.39 Å². The highest BCUT2D eigenvalue weighted by atomic mass is 19.1. The Bertz CT molecular complexity index is 399. The van der Waals surface area contributed by atoms with Gasteiger partial charge in [-0.15, -0.1) is 0 Å². The van der Waals surface area contributed by atoms with Gasteiger partial charge in [-0.3, -0.25) is 4.79 Å². The van der Waals surface area contributed by atoms with Crippen molar-refractivity contribution >= 4 is 11.9 Å². The third-order valence-corrected chi connectivity index (χ3v) is 4.66. The molecule has 0 aromatic rings. The van der Waals surface area contributed by atoms with Crippen molar-refractivity contribution in [2.24, 2.45) is 17.8 Å². The Hall–Kier alpha value is -1.13. The number of hydrogen-bond acceptors (Lipinski definition) is 3. The molecule has 4 nitrogen and oxygen atoms in total. The van der Waals surface area contributed by atoms with Crippen LogP contribution >= 0.6 is 0 Å². The highest BCUT2D eigenvalue weighted by molar-refractivity contribution is 6.07. The van der Waals surface area contributed by atoms with Crippen LogP contribution in [0.2, 0.25) is 0 Å². The maximum atomic E-state index is 14.4. The van der Waals surface area contributed by atoms with Gasteiger partial charge in [0.15, 0.2) is 0 Å². The Balaban J connectivity index is 2.06. The fourth-order valence-corrected chi connectivity index (χ4v) is 3.28. The SMILES string of the molecule is CC(C)[C@H]1CC[C@H](C)C[C@@H]1OC(=O)C1(F)CCNC1=O. The van der Waals surface area contributed by atoms with Crippen LogP contribution in [0, 0.1) is 17.8 Å². The van der Waals surface area contributed by atoms with Crippen LogP contribution in [0.1, 0.15) is 46.5 Å². The first-order chi connectivity index (χ1) is 9.34. The zero-order valence-electron chi connectivity index (χ0n) is 12.4. The van der Waals surface area contributed by atoms with E-state index in [1.165, 1.54) is 0 Å². The minimum atomic E-state index is -2.48. The minimum Gasteiger partial charge on any atom is -0.459 e. The average molecular weight is 285 g/mol. The van der Waals surface area contributed by atoms with Gasteiger partial charge in [0.2, 0.25) is 0 Å². The van der Waals surface area contributed by atoms with Gasteiger partial charge in [-0.25, -0.2) is 9.18 Å². The van der Waals surface area contributed by atoms with Crippen LogP contribution in [0.5, 0.6) is 0 Å². The second-order valence-electron chi connectivity index (χ2n) is 6.58. The van der Waals surface area contributed by atoms with E-state index in [4.69, 9.17) is 4.74 Å². The third kappa shape index (κ3) is 2.81. The van der Waals surface area contributed by atoms with Gasteiger partial charge in [0.1, 0.15) is 6.10 Å². The minimum absolute atomic E-state index is 0.126. The maximum Gasteiger partial charge on any atom is 0.354 e. The summed E-state index contributed by atoms with van der Waals surface area (Å²) in [6.07, 6.45) is 2.46. The van der Waals surface area contributed by atoms with Gasteiger partial charge in [0.25, 0.3) is 11.6 Å². The molecule has 0 aromatic carbocycles. The van der Waals surface area contributed by atoms with Crippen molar-refractivity contribution in [1.82, 2.24) is 5.32 Å². The topological polar surface area (TPSA) is 55.4 Å². The summed E-state index contributed by atoms with van der Waals surface area (Å²) in [7, 11) is 0. The van der Waals surface area contributed by atoms with Gasteiger partial charge >= 0.3 is 5.97 Å². The van der Waals surface area contributed by atoms with Crippen molar-refractivity contribution < 1.29 is 18.7 Å². The molecule has 1 amide bonds. The summed E-state index contributed by atoms with van der Waals surface area (Å²) in [5, 5.41) is 2.36. The quantitative estimate of drug-likeness (QED) is 0.639. The molecule has 2 aliphatic rings. The zero-order valence-corrected chi connectivity index (χ0v) is 12.4. The van der Waals surface area contributed by atoms with Crippen molar-refractivity contribution in [2.75, 3.05) is 6.54 Å². The van der Waals surface area contributed by atoms with Crippen molar-refractivity contribution in [1.29, 1.82) is 0 Å². The summed E-state index contributed by atoms with van der Waals surface area (Å²) >= 11 is 0. The molecule has 2 fully saturated rings. The molecule has 4 atom stereocenters. The monoisotopic (exact) mass is 285 g/mol. The number of amides is 1. The molecule has 5 heteroatoms. The van der Waals surface area contributed by atoms with Gasteiger partial charge in [0, 0.05) is 13.0 Å². The van der Waals surface area contributed by atoms with Gasteiger partial charge in [-0.1, -0.05) is 27.2 Å². The van der Waals surface area contributed by atoms with E-state index in [9.17, 15) is 14.0 Å². The number of ether oxygens (including phenoxy) is 1. The molecule has 1 aliphatic heterocycles. The number of hydrogen-bond donors (Lipinski definition) is 1. The number of carbonyl (C=O) groups excluding carboxylic acids is 2. The lowest BCUT2D eigenvalue weighted by molar-refractivity contribution is -0.172. The molecule has 0 radical (unpaired) electrons. The lowest BCUT2D eigenvalue weighted by Gasteiger charge is -2.37. The number of esters is 1. The average Bonchev–Trinajstić information content (AvgIpc) is 2.70. The number of nitrogens with one attached hydrogen (secondary N) is 1. The number of halogens is 1. The Morgan fingerprint density at radius 3 is 2.70 bits per heavy atom. The molecule has 1 aliphatic carbocycles. The van der Waals surface area contributed by atoms with Crippen LogP contribution in [0.15, 0.2) is 0 Å². The molecule has 0 bridgehead atoms. The summed E-state index contributed by atoms with van der Waals surface area (Å²) in [5.41, 5.74) is -2.48. The lowest BCUT2D eigenvalue weighted by Crippen LogP contribution is -2.46. The fourth-order valence-electron chi connectivity index (χ4n) is 3.28. The largest absolute Gasteiger partial charge is 0.459 e.